The fourth-order valence-electron chi connectivity index (χ4n) is 2.00. The summed E-state index contributed by atoms with van der Waals surface area (Å²) < 4.78 is 5.23. The number of rotatable bonds is 6. The summed E-state index contributed by atoms with van der Waals surface area (Å²) in [4.78, 5) is 25.6. The second kappa shape index (κ2) is 7.60. The van der Waals surface area contributed by atoms with Crippen LogP contribution in [0.25, 0.3) is 0 Å². The average molecular weight is 273 g/mol. The standard InChI is InChI=1S/C16H19NO3/c18-15(8-9-17-10-12-20-13-11-17)6-7-16(19)14-4-2-1-3-5-14/h1-5,8-9H,6-7,10-13H2/b9-8+. The van der Waals surface area contributed by atoms with Crippen LogP contribution in [0.1, 0.15) is 23.2 Å². The number of morpholine rings is 1. The molecule has 0 spiro atoms. The van der Waals surface area contributed by atoms with Gasteiger partial charge in [0.2, 0.25) is 0 Å². The first-order valence-corrected chi connectivity index (χ1v) is 6.87. The Bertz CT molecular complexity index is 476. The van der Waals surface area contributed by atoms with Gasteiger partial charge in [0.25, 0.3) is 0 Å². The zero-order valence-electron chi connectivity index (χ0n) is 11.5. The van der Waals surface area contributed by atoms with Gasteiger partial charge in [-0.1, -0.05) is 30.3 Å². The second-order valence-corrected chi connectivity index (χ2v) is 4.72. The Balaban J connectivity index is 1.74. The molecule has 0 N–H and O–H groups in total. The van der Waals surface area contributed by atoms with E-state index in [-0.39, 0.29) is 24.4 Å². The Kier molecular flexibility index (Phi) is 5.50. The van der Waals surface area contributed by atoms with Gasteiger partial charge < -0.3 is 9.64 Å². The average Bonchev–Trinajstić information content (AvgIpc) is 2.52. The molecule has 1 saturated heterocycles. The molecule has 0 radical (unpaired) electrons. The van der Waals surface area contributed by atoms with Crippen LogP contribution in [-0.2, 0) is 9.53 Å². The van der Waals surface area contributed by atoms with Crippen molar-refractivity contribution in [2.24, 2.45) is 0 Å². The largest absolute Gasteiger partial charge is 0.378 e. The van der Waals surface area contributed by atoms with Crippen molar-refractivity contribution in [2.45, 2.75) is 12.8 Å². The van der Waals surface area contributed by atoms with Gasteiger partial charge in [-0.2, -0.15) is 0 Å². The van der Waals surface area contributed by atoms with Gasteiger partial charge in [-0.25, -0.2) is 0 Å². The lowest BCUT2D eigenvalue weighted by atomic mass is 10.1. The molecule has 0 unspecified atom stereocenters. The van der Waals surface area contributed by atoms with E-state index in [1.807, 2.05) is 18.2 Å². The number of ketones is 2. The number of hydrogen-bond donors (Lipinski definition) is 0. The molecular formula is C16H19NO3. The van der Waals surface area contributed by atoms with Crippen molar-refractivity contribution in [2.75, 3.05) is 26.3 Å². The number of carbonyl (C=O) groups excluding carboxylic acids is 2. The normalized spacial score (nSPS) is 15.5. The van der Waals surface area contributed by atoms with Crippen molar-refractivity contribution >= 4 is 11.6 Å². The Hall–Kier alpha value is -1.94. The monoisotopic (exact) mass is 273 g/mol. The molecule has 0 atom stereocenters. The van der Waals surface area contributed by atoms with Crippen LogP contribution in [0, 0.1) is 0 Å². The molecule has 0 aromatic heterocycles. The summed E-state index contributed by atoms with van der Waals surface area (Å²) in [5.41, 5.74) is 0.664. The van der Waals surface area contributed by atoms with Crippen LogP contribution in [-0.4, -0.2) is 42.8 Å². The van der Waals surface area contributed by atoms with E-state index in [0.717, 1.165) is 13.1 Å². The summed E-state index contributed by atoms with van der Waals surface area (Å²) in [5.74, 6) is -0.000467. The number of carbonyl (C=O) groups is 2. The van der Waals surface area contributed by atoms with Gasteiger partial charge >= 0.3 is 0 Å². The summed E-state index contributed by atoms with van der Waals surface area (Å²) in [7, 11) is 0. The predicted octanol–water partition coefficient (Wildman–Crippen LogP) is 2.06. The van der Waals surface area contributed by atoms with Crippen molar-refractivity contribution in [3.8, 4) is 0 Å². The highest BCUT2D eigenvalue weighted by Crippen LogP contribution is 2.06. The summed E-state index contributed by atoms with van der Waals surface area (Å²) in [6.07, 6.45) is 3.88. The SMILES string of the molecule is O=C(/C=C/N1CCOCC1)CCC(=O)c1ccccc1. The van der Waals surface area contributed by atoms with E-state index in [4.69, 9.17) is 4.74 Å². The summed E-state index contributed by atoms with van der Waals surface area (Å²) in [5, 5.41) is 0. The molecular weight excluding hydrogens is 254 g/mol. The van der Waals surface area contributed by atoms with Gasteiger partial charge in [-0.05, 0) is 6.08 Å². The van der Waals surface area contributed by atoms with Gasteiger partial charge in [-0.15, -0.1) is 0 Å². The van der Waals surface area contributed by atoms with E-state index in [1.54, 1.807) is 24.4 Å². The molecule has 0 amide bonds. The maximum atomic E-state index is 11.9. The molecule has 4 nitrogen and oxygen atoms in total. The maximum absolute atomic E-state index is 11.9. The molecule has 1 aromatic rings. The summed E-state index contributed by atoms with van der Waals surface area (Å²) >= 11 is 0. The van der Waals surface area contributed by atoms with Crippen LogP contribution >= 0.6 is 0 Å². The molecule has 1 aliphatic rings. The predicted molar refractivity (Wildman–Crippen MR) is 76.5 cm³/mol. The molecule has 0 saturated carbocycles. The highest BCUT2D eigenvalue weighted by molar-refractivity contribution is 5.99. The Labute approximate surface area is 119 Å². The van der Waals surface area contributed by atoms with Crippen molar-refractivity contribution in [3.63, 3.8) is 0 Å². The quantitative estimate of drug-likeness (QED) is 0.588. The van der Waals surface area contributed by atoms with E-state index < -0.39 is 0 Å². The van der Waals surface area contributed by atoms with Gasteiger partial charge in [0.05, 0.1) is 13.2 Å². The fraction of sp³-hybridized carbons (Fsp3) is 0.375. The highest BCUT2D eigenvalue weighted by atomic mass is 16.5. The maximum Gasteiger partial charge on any atom is 0.163 e. The van der Waals surface area contributed by atoms with Gasteiger partial charge in [0, 0.05) is 37.7 Å². The third-order valence-electron chi connectivity index (χ3n) is 3.21. The third-order valence-corrected chi connectivity index (χ3v) is 3.21. The van der Waals surface area contributed by atoms with Crippen molar-refractivity contribution < 1.29 is 14.3 Å². The third kappa shape index (κ3) is 4.63. The van der Waals surface area contributed by atoms with Crippen LogP contribution in [0.5, 0.6) is 0 Å². The van der Waals surface area contributed by atoms with E-state index in [2.05, 4.69) is 4.90 Å². The number of ether oxygens (including phenoxy) is 1. The van der Waals surface area contributed by atoms with Crippen LogP contribution in [0.4, 0.5) is 0 Å². The van der Waals surface area contributed by atoms with E-state index >= 15 is 0 Å². The first kappa shape index (κ1) is 14.5. The number of hydrogen-bond acceptors (Lipinski definition) is 4. The van der Waals surface area contributed by atoms with Gasteiger partial charge in [0.1, 0.15) is 0 Å². The minimum atomic E-state index is -0.0132. The lowest BCUT2D eigenvalue weighted by Gasteiger charge is -2.24. The lowest BCUT2D eigenvalue weighted by Crippen LogP contribution is -2.32. The van der Waals surface area contributed by atoms with Crippen LogP contribution < -0.4 is 0 Å². The molecule has 1 fully saturated rings. The fourth-order valence-corrected chi connectivity index (χ4v) is 2.00. The van der Waals surface area contributed by atoms with E-state index in [0.29, 0.717) is 18.8 Å². The molecule has 0 aliphatic carbocycles. The second-order valence-electron chi connectivity index (χ2n) is 4.72. The molecule has 106 valence electrons. The van der Waals surface area contributed by atoms with Crippen molar-refractivity contribution in [3.05, 3.63) is 48.2 Å². The van der Waals surface area contributed by atoms with Crippen LogP contribution in [0.15, 0.2) is 42.6 Å². The Morgan fingerprint density at radius 1 is 1.10 bits per heavy atom. The van der Waals surface area contributed by atoms with Crippen molar-refractivity contribution in [1.29, 1.82) is 0 Å². The number of nitrogens with zero attached hydrogens (tertiary/aromatic N) is 1. The van der Waals surface area contributed by atoms with Crippen LogP contribution in [0.2, 0.25) is 0 Å². The first-order chi connectivity index (χ1) is 9.75. The minimum Gasteiger partial charge on any atom is -0.378 e. The highest BCUT2D eigenvalue weighted by Gasteiger charge is 2.09. The lowest BCUT2D eigenvalue weighted by molar-refractivity contribution is -0.114. The van der Waals surface area contributed by atoms with Gasteiger partial charge in [-0.3, -0.25) is 9.59 Å². The summed E-state index contributed by atoms with van der Waals surface area (Å²) in [6, 6.07) is 9.07. The molecule has 1 aliphatic heterocycles. The molecule has 2 rings (SSSR count). The molecule has 0 bridgehead atoms. The molecule has 1 aromatic carbocycles. The first-order valence-electron chi connectivity index (χ1n) is 6.87. The zero-order valence-corrected chi connectivity index (χ0v) is 11.5. The van der Waals surface area contributed by atoms with E-state index in [9.17, 15) is 9.59 Å². The topological polar surface area (TPSA) is 46.6 Å². The van der Waals surface area contributed by atoms with Crippen molar-refractivity contribution in [1.82, 2.24) is 4.90 Å². The number of Topliss-reactive ketones (excluding diaryl/α,β-unsaturated/α-hetero) is 1. The van der Waals surface area contributed by atoms with E-state index in [1.165, 1.54) is 0 Å². The molecule has 4 heteroatoms. The Morgan fingerprint density at radius 3 is 2.50 bits per heavy atom. The number of allylic oxidation sites excluding steroid dienone is 1. The number of benzene rings is 1. The molecule has 1 heterocycles. The minimum absolute atomic E-state index is 0.0127. The molecule has 20 heavy (non-hydrogen) atoms. The van der Waals surface area contributed by atoms with Crippen LogP contribution in [0.3, 0.4) is 0 Å². The smallest absolute Gasteiger partial charge is 0.163 e. The Morgan fingerprint density at radius 2 is 1.80 bits per heavy atom. The zero-order chi connectivity index (χ0) is 14.2. The van der Waals surface area contributed by atoms with Gasteiger partial charge in [0.15, 0.2) is 11.6 Å². The summed E-state index contributed by atoms with van der Waals surface area (Å²) in [6.45, 7) is 3.02.